The van der Waals surface area contributed by atoms with Crippen LogP contribution in [0, 0.1) is 5.75 Å². The van der Waals surface area contributed by atoms with Crippen LogP contribution in [0.3, 0.4) is 0 Å². The number of aromatic nitrogens is 2. The molecule has 2 saturated heterocycles. The van der Waals surface area contributed by atoms with Crippen molar-refractivity contribution < 1.29 is 43.0 Å². The van der Waals surface area contributed by atoms with Crippen LogP contribution in [0.25, 0.3) is 33.3 Å². The number of H-pyrrole nitrogens is 1. The Labute approximate surface area is 250 Å². The number of ether oxygens (including phenoxy) is 3. The number of hydrogen-bond acceptors (Lipinski definition) is 8. The Bertz CT molecular complexity index is 1840. The third kappa shape index (κ3) is 6.35. The van der Waals surface area contributed by atoms with Gasteiger partial charge in [0.1, 0.15) is 18.3 Å². The molecule has 15 heteroatoms. The van der Waals surface area contributed by atoms with Crippen LogP contribution in [-0.2, 0) is 18.6 Å². The number of carbonyl (C=O) groups excluding carboxylic acids is 1. The molecule has 0 unspecified atom stereocenters. The first-order valence-corrected chi connectivity index (χ1v) is 16.0. The average Bonchev–Trinajstić information content (AvgIpc) is 3.68. The summed E-state index contributed by atoms with van der Waals surface area (Å²) in [6, 6.07) is 18.0. The number of amides is 1. The molecule has 3 heterocycles. The predicted molar refractivity (Wildman–Crippen MR) is 156 cm³/mol. The molecule has 6 rings (SSSR count). The second-order valence-electron chi connectivity index (χ2n) is 10.1. The summed E-state index contributed by atoms with van der Waals surface area (Å²) in [5.74, 6) is 1.37. The number of aliphatic hydroxyl groups excluding tert-OH is 1. The summed E-state index contributed by atoms with van der Waals surface area (Å²) in [6.45, 7) is 0.494. The molecule has 4 aromatic rings. The number of imidazole rings is 1. The molecule has 0 saturated carbocycles. The van der Waals surface area contributed by atoms with E-state index < -0.39 is 46.0 Å². The van der Waals surface area contributed by atoms with Crippen molar-refractivity contribution in [1.29, 1.82) is 0 Å². The van der Waals surface area contributed by atoms with Crippen LogP contribution in [0.2, 0.25) is 5.02 Å². The van der Waals surface area contributed by atoms with E-state index in [1.165, 1.54) is 12.1 Å². The molecule has 222 valence electrons. The number of carbonyl (C=O) groups is 1. The summed E-state index contributed by atoms with van der Waals surface area (Å²) in [7, 11) is -5.26. The van der Waals surface area contributed by atoms with E-state index in [1.807, 2.05) is 30.3 Å². The van der Waals surface area contributed by atoms with Crippen molar-refractivity contribution in [3.05, 3.63) is 71.2 Å². The van der Waals surface area contributed by atoms with Crippen molar-refractivity contribution in [3.63, 3.8) is 0 Å². The number of fused-ring (bicyclic) bond motifs is 2. The Morgan fingerprint density at radius 3 is 2.40 bits per heavy atom. The molecular weight excluding hydrogens is 620 g/mol. The summed E-state index contributed by atoms with van der Waals surface area (Å²) < 4.78 is 39.5. The topological polar surface area (TPSA) is 172 Å². The Kier molecular flexibility index (Phi) is 8.33. The molecule has 0 radical (unpaired) electrons. The maximum absolute atomic E-state index is 12.7. The van der Waals surface area contributed by atoms with Gasteiger partial charge in [-0.1, -0.05) is 11.6 Å². The van der Waals surface area contributed by atoms with Gasteiger partial charge >= 0.3 is 138 Å². The van der Waals surface area contributed by atoms with Gasteiger partial charge in [0, 0.05) is 0 Å². The molecule has 3 aromatic carbocycles. The SMILES string of the molecule is O=P#CN(CP(=O)(O)O)C(=O)c1ccc(-c2ccc(-c3cc4nc(O[C@@H]5CO[C@H]6[C@@H]5OC[C@H]6O)[nH]c4cc3Cl)cc2)cc1. The van der Waals surface area contributed by atoms with Gasteiger partial charge in [-0.25, -0.2) is 0 Å². The summed E-state index contributed by atoms with van der Waals surface area (Å²) in [5, 5.41) is 10.5. The van der Waals surface area contributed by atoms with Crippen molar-refractivity contribution >= 4 is 44.1 Å². The number of rotatable bonds is 7. The van der Waals surface area contributed by atoms with Gasteiger partial charge in [0.2, 0.25) is 0 Å². The second-order valence-corrected chi connectivity index (χ2v) is 12.5. The van der Waals surface area contributed by atoms with Crippen molar-refractivity contribution in [1.82, 2.24) is 14.9 Å². The van der Waals surface area contributed by atoms with E-state index in [2.05, 4.69) is 15.7 Å². The number of benzene rings is 3. The average molecular weight is 644 g/mol. The zero-order valence-electron chi connectivity index (χ0n) is 22.2. The molecule has 12 nitrogen and oxygen atoms in total. The monoisotopic (exact) mass is 643 g/mol. The van der Waals surface area contributed by atoms with Crippen LogP contribution >= 0.6 is 27.1 Å². The van der Waals surface area contributed by atoms with Gasteiger partial charge in [0.25, 0.3) is 6.01 Å². The van der Waals surface area contributed by atoms with Crippen LogP contribution in [0.15, 0.2) is 60.7 Å². The molecule has 2 aliphatic rings. The van der Waals surface area contributed by atoms with E-state index in [1.54, 1.807) is 18.2 Å². The van der Waals surface area contributed by atoms with Gasteiger partial charge in [-0.2, -0.15) is 4.98 Å². The van der Waals surface area contributed by atoms with Crippen molar-refractivity contribution in [2.24, 2.45) is 0 Å². The maximum atomic E-state index is 12.7. The molecular formula is C28H24ClN3O9P2. The molecule has 0 aliphatic carbocycles. The fourth-order valence-electron chi connectivity index (χ4n) is 5.15. The molecule has 2 fully saturated rings. The summed E-state index contributed by atoms with van der Waals surface area (Å²) >= 11 is 6.63. The fraction of sp³-hybridized carbons (Fsp3) is 0.250. The normalized spacial score (nSPS) is 21.4. The van der Waals surface area contributed by atoms with E-state index in [0.29, 0.717) is 27.0 Å². The minimum absolute atomic E-state index is 0.154. The van der Waals surface area contributed by atoms with Crippen LogP contribution in [0.5, 0.6) is 6.01 Å². The van der Waals surface area contributed by atoms with Crippen LogP contribution in [-0.4, -0.2) is 79.6 Å². The van der Waals surface area contributed by atoms with Crippen molar-refractivity contribution in [3.8, 4) is 34.0 Å². The minimum atomic E-state index is -4.58. The first-order chi connectivity index (χ1) is 20.6. The van der Waals surface area contributed by atoms with Crippen molar-refractivity contribution in [2.75, 3.05) is 19.5 Å². The van der Waals surface area contributed by atoms with E-state index >= 15 is 0 Å². The second kappa shape index (κ2) is 12.0. The molecule has 1 amide bonds. The van der Waals surface area contributed by atoms with Gasteiger partial charge < -0.3 is 24.3 Å². The molecule has 0 spiro atoms. The van der Waals surface area contributed by atoms with Gasteiger partial charge in [0.05, 0.1) is 29.3 Å². The molecule has 2 aliphatic heterocycles. The van der Waals surface area contributed by atoms with Crippen LogP contribution < -0.4 is 4.74 Å². The first kappa shape index (κ1) is 29.8. The van der Waals surface area contributed by atoms with Crippen LogP contribution in [0.1, 0.15) is 10.4 Å². The quantitative estimate of drug-likeness (QED) is 0.169. The number of nitrogens with zero attached hydrogens (tertiary/aromatic N) is 2. The first-order valence-electron chi connectivity index (χ1n) is 13.0. The predicted octanol–water partition coefficient (Wildman–Crippen LogP) is 4.24. The molecule has 4 atom stereocenters. The number of nitrogens with one attached hydrogen (secondary N) is 1. The van der Waals surface area contributed by atoms with E-state index in [-0.39, 0.29) is 24.9 Å². The van der Waals surface area contributed by atoms with E-state index in [9.17, 15) is 28.8 Å². The molecule has 43 heavy (non-hydrogen) atoms. The Morgan fingerprint density at radius 2 is 1.72 bits per heavy atom. The van der Waals surface area contributed by atoms with Crippen LogP contribution in [0.4, 0.5) is 0 Å². The van der Waals surface area contributed by atoms with Crippen molar-refractivity contribution in [2.45, 2.75) is 24.4 Å². The standard InChI is InChI=1S/C28H24ClN3O9P2/c29-20-10-22-21(30-28(31-22)41-24-12-40-25-23(33)11-39-26(24)25)9-19(20)17-5-1-15(2-6-17)16-3-7-18(8-4-16)27(34)32(13-42-35)14-43(36,37)38/h1-10,23-26,33H,11-12,14H2,(H,30,31)(H2,36,37,38)/t23-,24-,25-,26-/m1/s1. The van der Waals surface area contributed by atoms with E-state index in [0.717, 1.165) is 22.3 Å². The summed E-state index contributed by atoms with van der Waals surface area (Å²) in [5.41, 5.74) is 4.77. The summed E-state index contributed by atoms with van der Waals surface area (Å²) in [6.07, 6.45) is -2.76. The zero-order chi connectivity index (χ0) is 30.3. The zero-order valence-corrected chi connectivity index (χ0v) is 24.7. The molecule has 1 aromatic heterocycles. The fourth-order valence-corrected chi connectivity index (χ4v) is 6.36. The van der Waals surface area contributed by atoms with Gasteiger partial charge in [-0.3, -0.25) is 0 Å². The van der Waals surface area contributed by atoms with Gasteiger partial charge in [0.15, 0.2) is 6.10 Å². The number of aromatic amines is 1. The third-order valence-corrected chi connectivity index (χ3v) is 8.47. The van der Waals surface area contributed by atoms with E-state index in [4.69, 9.17) is 25.8 Å². The van der Waals surface area contributed by atoms with Gasteiger partial charge in [-0.05, 0) is 12.1 Å². The number of aliphatic hydroxyl groups is 1. The van der Waals surface area contributed by atoms with Gasteiger partial charge in [-0.15, -0.1) is 0 Å². The Morgan fingerprint density at radius 1 is 1.07 bits per heavy atom. The Balaban J connectivity index is 1.18. The summed E-state index contributed by atoms with van der Waals surface area (Å²) in [4.78, 5) is 39.4. The molecule has 0 bridgehead atoms. The number of hydrogen-bond donors (Lipinski definition) is 4. The Hall–Kier alpha value is -3.27. The number of halogens is 1. The molecule has 4 N–H and O–H groups in total. The third-order valence-electron chi connectivity index (χ3n) is 7.19.